The average molecular weight is 248 g/mol. The number of likely N-dealkylation sites (tertiary alicyclic amines) is 1. The lowest BCUT2D eigenvalue weighted by Gasteiger charge is -2.40. The molecule has 0 spiro atoms. The summed E-state index contributed by atoms with van der Waals surface area (Å²) in [6, 6.07) is 8.94. The van der Waals surface area contributed by atoms with E-state index in [9.17, 15) is 5.11 Å². The molecule has 3 nitrogen and oxygen atoms in total. The zero-order valence-corrected chi connectivity index (χ0v) is 11.2. The van der Waals surface area contributed by atoms with Gasteiger partial charge in [-0.15, -0.1) is 0 Å². The van der Waals surface area contributed by atoms with Crippen molar-refractivity contribution in [2.75, 3.05) is 19.7 Å². The van der Waals surface area contributed by atoms with E-state index < -0.39 is 0 Å². The Morgan fingerprint density at radius 1 is 1.39 bits per heavy atom. The van der Waals surface area contributed by atoms with Crippen LogP contribution in [0.4, 0.5) is 0 Å². The summed E-state index contributed by atoms with van der Waals surface area (Å²) in [6.07, 6.45) is 3.50. The first-order chi connectivity index (χ1) is 8.77. The van der Waals surface area contributed by atoms with Gasteiger partial charge in [-0.3, -0.25) is 4.90 Å². The van der Waals surface area contributed by atoms with Crippen LogP contribution in [0.1, 0.15) is 36.4 Å². The van der Waals surface area contributed by atoms with Gasteiger partial charge in [0.25, 0.3) is 0 Å². The van der Waals surface area contributed by atoms with Crippen molar-refractivity contribution in [3.05, 3.63) is 35.4 Å². The molecule has 3 heteroatoms. The lowest BCUT2D eigenvalue weighted by atomic mass is 9.94. The summed E-state index contributed by atoms with van der Waals surface area (Å²) < 4.78 is 0. The van der Waals surface area contributed by atoms with Gasteiger partial charge in [0.15, 0.2) is 0 Å². The van der Waals surface area contributed by atoms with Crippen LogP contribution in [0.5, 0.6) is 0 Å². The SMILES string of the molecule is Cc1ccccc1C(CN)N1CCCCC1CO. The highest BCUT2D eigenvalue weighted by molar-refractivity contribution is 5.29. The smallest absolute Gasteiger partial charge is 0.0587 e. The Kier molecular flexibility index (Phi) is 4.75. The third-order valence-corrected chi connectivity index (χ3v) is 4.05. The number of rotatable bonds is 4. The van der Waals surface area contributed by atoms with Gasteiger partial charge in [-0.25, -0.2) is 0 Å². The van der Waals surface area contributed by atoms with Crippen LogP contribution < -0.4 is 5.73 Å². The number of nitrogens with two attached hydrogens (primary N) is 1. The normalized spacial score (nSPS) is 22.9. The Hall–Kier alpha value is -0.900. The van der Waals surface area contributed by atoms with Gasteiger partial charge in [-0.2, -0.15) is 0 Å². The minimum absolute atomic E-state index is 0.238. The van der Waals surface area contributed by atoms with Gasteiger partial charge in [-0.05, 0) is 37.4 Å². The topological polar surface area (TPSA) is 49.5 Å². The van der Waals surface area contributed by atoms with Gasteiger partial charge in [0.1, 0.15) is 0 Å². The molecule has 0 saturated carbocycles. The van der Waals surface area contributed by atoms with Crippen LogP contribution in [0.15, 0.2) is 24.3 Å². The van der Waals surface area contributed by atoms with Crippen LogP contribution >= 0.6 is 0 Å². The molecule has 1 fully saturated rings. The van der Waals surface area contributed by atoms with Crippen molar-refractivity contribution >= 4 is 0 Å². The Bertz CT molecular complexity index is 381. The molecule has 0 aliphatic carbocycles. The van der Waals surface area contributed by atoms with E-state index in [1.807, 2.05) is 0 Å². The number of aliphatic hydroxyl groups excluding tert-OH is 1. The Labute approximate surface area is 110 Å². The molecule has 0 aromatic heterocycles. The van der Waals surface area contributed by atoms with Gasteiger partial charge in [0.2, 0.25) is 0 Å². The van der Waals surface area contributed by atoms with Gasteiger partial charge < -0.3 is 10.8 Å². The van der Waals surface area contributed by atoms with E-state index in [1.165, 1.54) is 24.0 Å². The van der Waals surface area contributed by atoms with E-state index in [1.54, 1.807) is 0 Å². The maximum absolute atomic E-state index is 9.54. The number of benzene rings is 1. The summed E-state index contributed by atoms with van der Waals surface area (Å²) in [7, 11) is 0. The summed E-state index contributed by atoms with van der Waals surface area (Å²) in [5, 5.41) is 9.54. The largest absolute Gasteiger partial charge is 0.395 e. The molecule has 0 amide bonds. The number of aliphatic hydroxyl groups is 1. The zero-order valence-electron chi connectivity index (χ0n) is 11.2. The molecule has 0 bridgehead atoms. The van der Waals surface area contributed by atoms with Crippen molar-refractivity contribution in [2.45, 2.75) is 38.3 Å². The van der Waals surface area contributed by atoms with Crippen molar-refractivity contribution < 1.29 is 5.11 Å². The first-order valence-corrected chi connectivity index (χ1v) is 6.90. The van der Waals surface area contributed by atoms with Crippen molar-refractivity contribution in [2.24, 2.45) is 5.73 Å². The Balaban J connectivity index is 2.24. The molecule has 1 aromatic rings. The van der Waals surface area contributed by atoms with E-state index in [4.69, 9.17) is 5.73 Å². The summed E-state index contributed by atoms with van der Waals surface area (Å²) in [6.45, 7) is 4.03. The fourth-order valence-corrected chi connectivity index (χ4v) is 3.03. The number of hydrogen-bond acceptors (Lipinski definition) is 3. The van der Waals surface area contributed by atoms with Crippen molar-refractivity contribution in [1.82, 2.24) is 4.90 Å². The molecule has 1 saturated heterocycles. The Morgan fingerprint density at radius 2 is 2.17 bits per heavy atom. The molecule has 1 aromatic carbocycles. The molecule has 2 rings (SSSR count). The highest BCUT2D eigenvalue weighted by atomic mass is 16.3. The number of hydrogen-bond donors (Lipinski definition) is 2. The third kappa shape index (κ3) is 2.74. The van der Waals surface area contributed by atoms with Gasteiger partial charge >= 0.3 is 0 Å². The summed E-state index contributed by atoms with van der Waals surface area (Å²) >= 11 is 0. The molecule has 2 atom stereocenters. The van der Waals surface area contributed by atoms with E-state index in [0.29, 0.717) is 6.54 Å². The molecule has 100 valence electrons. The van der Waals surface area contributed by atoms with Gasteiger partial charge in [0, 0.05) is 18.6 Å². The predicted molar refractivity (Wildman–Crippen MR) is 74.4 cm³/mol. The van der Waals surface area contributed by atoms with Crippen LogP contribution in [0.3, 0.4) is 0 Å². The van der Waals surface area contributed by atoms with Crippen LogP contribution in [0.2, 0.25) is 0 Å². The van der Waals surface area contributed by atoms with Gasteiger partial charge in [-0.1, -0.05) is 30.7 Å². The van der Waals surface area contributed by atoms with Gasteiger partial charge in [0.05, 0.1) is 6.61 Å². The van der Waals surface area contributed by atoms with E-state index in [2.05, 4.69) is 36.1 Å². The number of piperidine rings is 1. The fourth-order valence-electron chi connectivity index (χ4n) is 3.03. The van der Waals surface area contributed by atoms with Crippen LogP contribution in [-0.4, -0.2) is 35.7 Å². The van der Waals surface area contributed by atoms with E-state index in [0.717, 1.165) is 13.0 Å². The summed E-state index contributed by atoms with van der Waals surface area (Å²) in [5.74, 6) is 0. The molecule has 0 radical (unpaired) electrons. The predicted octanol–water partition coefficient (Wildman–Crippen LogP) is 1.84. The van der Waals surface area contributed by atoms with Crippen molar-refractivity contribution in [3.63, 3.8) is 0 Å². The highest BCUT2D eigenvalue weighted by Gasteiger charge is 2.29. The first-order valence-electron chi connectivity index (χ1n) is 6.90. The highest BCUT2D eigenvalue weighted by Crippen LogP contribution is 2.29. The van der Waals surface area contributed by atoms with E-state index >= 15 is 0 Å². The third-order valence-electron chi connectivity index (χ3n) is 4.05. The summed E-state index contributed by atoms with van der Waals surface area (Å²) in [4.78, 5) is 2.39. The lowest BCUT2D eigenvalue weighted by molar-refractivity contribution is 0.0550. The minimum Gasteiger partial charge on any atom is -0.395 e. The van der Waals surface area contributed by atoms with Crippen LogP contribution in [0.25, 0.3) is 0 Å². The lowest BCUT2D eigenvalue weighted by Crippen LogP contribution is -2.46. The molecule has 1 heterocycles. The van der Waals surface area contributed by atoms with Crippen LogP contribution in [-0.2, 0) is 0 Å². The average Bonchev–Trinajstić information content (AvgIpc) is 2.42. The summed E-state index contributed by atoms with van der Waals surface area (Å²) in [5.41, 5.74) is 8.59. The number of aryl methyl sites for hydroxylation is 1. The van der Waals surface area contributed by atoms with Crippen molar-refractivity contribution in [1.29, 1.82) is 0 Å². The van der Waals surface area contributed by atoms with Crippen LogP contribution in [0, 0.1) is 6.92 Å². The second-order valence-corrected chi connectivity index (χ2v) is 5.18. The molecule has 1 aliphatic rings. The first kappa shape index (κ1) is 13.5. The molecule has 2 unspecified atom stereocenters. The standard InChI is InChI=1S/C15H24N2O/c1-12-6-2-3-8-14(12)15(10-16)17-9-5-4-7-13(17)11-18/h2-3,6,8,13,15,18H,4-5,7,9-11,16H2,1H3. The maximum atomic E-state index is 9.54. The minimum atomic E-state index is 0.238. The fraction of sp³-hybridized carbons (Fsp3) is 0.600. The molecule has 3 N–H and O–H groups in total. The zero-order chi connectivity index (χ0) is 13.0. The molecular formula is C15H24N2O. The second-order valence-electron chi connectivity index (χ2n) is 5.18. The molecule has 1 aliphatic heterocycles. The second kappa shape index (κ2) is 6.32. The molecule has 18 heavy (non-hydrogen) atoms. The molecular weight excluding hydrogens is 224 g/mol. The monoisotopic (exact) mass is 248 g/mol. The Morgan fingerprint density at radius 3 is 2.83 bits per heavy atom. The quantitative estimate of drug-likeness (QED) is 0.855. The van der Waals surface area contributed by atoms with Crippen molar-refractivity contribution in [3.8, 4) is 0 Å². The number of nitrogens with zero attached hydrogens (tertiary/aromatic N) is 1. The maximum Gasteiger partial charge on any atom is 0.0587 e. The van der Waals surface area contributed by atoms with E-state index in [-0.39, 0.29) is 18.7 Å².